The maximum Gasteiger partial charge on any atom is 0.326 e. The Morgan fingerprint density at radius 3 is 1.11 bits per heavy atom. The molecule has 0 nitrogen and oxygen atoms in total. The van der Waals surface area contributed by atoms with Crippen molar-refractivity contribution >= 4 is 15.9 Å². The largest absolute Gasteiger partial charge is 0.326 e. The predicted octanol–water partition coefficient (Wildman–Crippen LogP) is 4.50. The smallest absolute Gasteiger partial charge is 0.217 e. The average Bonchev–Trinajstić information content (AvgIpc) is 2.39. The van der Waals surface area contributed by atoms with Crippen molar-refractivity contribution in [2.45, 2.75) is 16.4 Å². The van der Waals surface area contributed by atoms with Gasteiger partial charge < -0.3 is 0 Å². The summed E-state index contributed by atoms with van der Waals surface area (Å²) >= 11 is 1.34. The zero-order valence-corrected chi connectivity index (χ0v) is 9.87. The van der Waals surface area contributed by atoms with E-state index in [2.05, 4.69) is 0 Å². The first-order valence-corrected chi connectivity index (χ1v) is 5.18. The molecule has 1 aromatic carbocycles. The molecule has 1 aromatic rings. The zero-order chi connectivity index (χ0) is 15.0. The molecule has 0 aliphatic heterocycles. The lowest BCUT2D eigenvalue weighted by Crippen LogP contribution is -2.42. The lowest BCUT2D eigenvalue weighted by Gasteiger charge is -2.25. The number of benzene rings is 1. The molecule has 0 fully saturated rings. The first-order chi connectivity index (χ1) is 8.39. The third kappa shape index (κ3) is 1.38. The van der Waals surface area contributed by atoms with E-state index in [1.807, 2.05) is 0 Å². The summed E-state index contributed by atoms with van der Waals surface area (Å²) in [6.07, 6.45) is 0. The summed E-state index contributed by atoms with van der Waals surface area (Å²) in [6.45, 7) is 0. The van der Waals surface area contributed by atoms with Crippen LogP contribution in [0.2, 0.25) is 0 Å². The molecule has 0 spiro atoms. The second kappa shape index (κ2) is 3.58. The van der Waals surface area contributed by atoms with Crippen LogP contribution in [0.5, 0.6) is 0 Å². The van der Waals surface area contributed by atoms with Gasteiger partial charge in [0.05, 0.1) is 11.1 Å². The van der Waals surface area contributed by atoms with Crippen molar-refractivity contribution < 1.29 is 39.5 Å². The van der Waals surface area contributed by atoms with Gasteiger partial charge in [-0.3, -0.25) is 0 Å². The van der Waals surface area contributed by atoms with Gasteiger partial charge >= 0.3 is 11.8 Å². The third-order valence-corrected chi connectivity index (χ3v) is 3.68. The number of rotatable bonds is 0. The van der Waals surface area contributed by atoms with Gasteiger partial charge in [0.15, 0.2) is 23.3 Å². The van der Waals surface area contributed by atoms with E-state index in [0.29, 0.717) is 0 Å². The van der Waals surface area contributed by atoms with E-state index in [0.717, 1.165) is 0 Å². The Morgan fingerprint density at radius 1 is 0.579 bits per heavy atom. The monoisotopic (exact) mass is 358 g/mol. The highest BCUT2D eigenvalue weighted by atomic mass is 79.9. The molecule has 106 valence electrons. The van der Waals surface area contributed by atoms with E-state index in [1.165, 1.54) is 15.9 Å². The maximum absolute atomic E-state index is 13.4. The minimum absolute atomic E-state index is 1.34. The molecule has 0 radical (unpaired) electrons. The van der Waals surface area contributed by atoms with Crippen molar-refractivity contribution in [3.05, 3.63) is 34.4 Å². The number of hydrogen-bond acceptors (Lipinski definition) is 0. The molecule has 10 heteroatoms. The van der Waals surface area contributed by atoms with Crippen molar-refractivity contribution in [2.24, 2.45) is 0 Å². The molecule has 2 rings (SSSR count). The second-order valence-corrected chi connectivity index (χ2v) is 4.82. The molecular weight excluding hydrogens is 359 g/mol. The Bertz CT molecular complexity index is 529. The van der Waals surface area contributed by atoms with Gasteiger partial charge in [0.1, 0.15) is 0 Å². The zero-order valence-electron chi connectivity index (χ0n) is 8.28. The molecule has 0 bridgehead atoms. The van der Waals surface area contributed by atoms with Gasteiger partial charge in [-0.15, -0.1) is 0 Å². The summed E-state index contributed by atoms with van der Waals surface area (Å²) < 4.78 is 114. The van der Waals surface area contributed by atoms with Crippen LogP contribution in [0.25, 0.3) is 0 Å². The van der Waals surface area contributed by atoms with Crippen molar-refractivity contribution in [2.75, 3.05) is 0 Å². The lowest BCUT2D eigenvalue weighted by atomic mass is 10.1. The molecule has 1 aliphatic carbocycles. The van der Waals surface area contributed by atoms with Crippen molar-refractivity contribution in [3.63, 3.8) is 0 Å². The van der Waals surface area contributed by atoms with E-state index in [-0.39, 0.29) is 0 Å². The first-order valence-electron chi connectivity index (χ1n) is 4.39. The van der Waals surface area contributed by atoms with Crippen LogP contribution in [-0.4, -0.2) is 4.58 Å². The molecule has 0 saturated carbocycles. The van der Waals surface area contributed by atoms with E-state index < -0.39 is 50.8 Å². The maximum atomic E-state index is 13.4. The van der Waals surface area contributed by atoms with E-state index in [4.69, 9.17) is 0 Å². The number of alkyl halides is 6. The van der Waals surface area contributed by atoms with Crippen LogP contribution in [0.1, 0.15) is 11.1 Å². The molecule has 0 saturated heterocycles. The fraction of sp³-hybridized carbons (Fsp3) is 0.333. The summed E-state index contributed by atoms with van der Waals surface area (Å²) in [7, 11) is 0. The lowest BCUT2D eigenvalue weighted by molar-refractivity contribution is -0.185. The Balaban J connectivity index is 3.02. The van der Waals surface area contributed by atoms with Crippen molar-refractivity contribution in [3.8, 4) is 0 Å². The molecule has 0 atom stereocenters. The first kappa shape index (κ1) is 14.5. The van der Waals surface area contributed by atoms with Crippen LogP contribution >= 0.6 is 15.9 Å². The summed E-state index contributed by atoms with van der Waals surface area (Å²) in [4.78, 5) is 0. The van der Waals surface area contributed by atoms with Gasteiger partial charge in [-0.1, -0.05) is 0 Å². The van der Waals surface area contributed by atoms with Crippen LogP contribution in [-0.2, 0) is 11.8 Å². The fourth-order valence-electron chi connectivity index (χ4n) is 1.73. The van der Waals surface area contributed by atoms with Crippen LogP contribution in [0.4, 0.5) is 39.5 Å². The number of hydrogen-bond donors (Lipinski definition) is 0. The highest BCUT2D eigenvalue weighted by Crippen LogP contribution is 2.66. The highest BCUT2D eigenvalue weighted by Gasteiger charge is 2.79. The highest BCUT2D eigenvalue weighted by molar-refractivity contribution is 9.10. The van der Waals surface area contributed by atoms with E-state index >= 15 is 0 Å². The van der Waals surface area contributed by atoms with Gasteiger partial charge in [-0.25, -0.2) is 22.0 Å². The summed E-state index contributed by atoms with van der Waals surface area (Å²) in [5.41, 5.74) is -5.10. The van der Waals surface area contributed by atoms with Crippen LogP contribution in [0.15, 0.2) is 0 Å². The second-order valence-electron chi connectivity index (χ2n) is 3.73. The Labute approximate surface area is 107 Å². The van der Waals surface area contributed by atoms with Gasteiger partial charge in [-0.05, 0) is 15.9 Å². The van der Waals surface area contributed by atoms with Crippen LogP contribution in [0.3, 0.4) is 0 Å². The Kier molecular flexibility index (Phi) is 2.73. The standard InChI is InChI=1S/C9BrF9/c10-9(19)7(15,16)1-2(8(9,17)18)4(12)6(14)5(13)3(1)11. The topological polar surface area (TPSA) is 0 Å². The number of halogens is 10. The predicted molar refractivity (Wildman–Crippen MR) is 46.8 cm³/mol. The minimum Gasteiger partial charge on any atom is -0.217 e. The van der Waals surface area contributed by atoms with Crippen LogP contribution in [0, 0.1) is 23.3 Å². The number of fused-ring (bicyclic) bond motifs is 1. The van der Waals surface area contributed by atoms with Gasteiger partial charge in [0, 0.05) is 0 Å². The summed E-state index contributed by atoms with van der Waals surface area (Å²) in [5.74, 6) is -21.6. The normalized spacial score (nSPS) is 22.4. The van der Waals surface area contributed by atoms with Gasteiger partial charge in [0.2, 0.25) is 0 Å². The molecule has 0 heterocycles. The van der Waals surface area contributed by atoms with Crippen molar-refractivity contribution in [1.29, 1.82) is 0 Å². The molecule has 0 amide bonds. The molecule has 19 heavy (non-hydrogen) atoms. The molecular formula is C9BrF9. The van der Waals surface area contributed by atoms with E-state index in [9.17, 15) is 39.5 Å². The molecule has 1 aliphatic rings. The summed E-state index contributed by atoms with van der Waals surface area (Å²) in [6, 6.07) is 0. The molecule has 0 aromatic heterocycles. The minimum atomic E-state index is -5.30. The fourth-order valence-corrected chi connectivity index (χ4v) is 2.13. The van der Waals surface area contributed by atoms with Gasteiger partial charge in [0.25, 0.3) is 4.58 Å². The Hall–Kier alpha value is -0.930. The average molecular weight is 359 g/mol. The summed E-state index contributed by atoms with van der Waals surface area (Å²) in [5, 5.41) is 0. The van der Waals surface area contributed by atoms with Crippen LogP contribution < -0.4 is 0 Å². The van der Waals surface area contributed by atoms with E-state index in [1.54, 1.807) is 0 Å². The molecule has 0 N–H and O–H groups in total. The SMILES string of the molecule is Fc1c(F)c(F)c2c(c1F)C(F)(F)C(F)(Br)C2(F)F. The Morgan fingerprint density at radius 2 is 0.842 bits per heavy atom. The van der Waals surface area contributed by atoms with Crippen molar-refractivity contribution in [1.82, 2.24) is 0 Å². The molecule has 0 unspecified atom stereocenters. The quantitative estimate of drug-likeness (QED) is 0.277. The van der Waals surface area contributed by atoms with Gasteiger partial charge in [-0.2, -0.15) is 17.6 Å². The third-order valence-electron chi connectivity index (χ3n) is 2.68.